The highest BCUT2D eigenvalue weighted by atomic mass is 16.5. The van der Waals surface area contributed by atoms with Crippen molar-refractivity contribution in [2.75, 3.05) is 7.11 Å². The van der Waals surface area contributed by atoms with Crippen LogP contribution in [0.3, 0.4) is 0 Å². The lowest BCUT2D eigenvalue weighted by Gasteiger charge is -2.21. The largest absolute Gasteiger partial charge is 0.372 e. The molecule has 0 fully saturated rings. The molecule has 1 atom stereocenters. The first-order valence-corrected chi connectivity index (χ1v) is 5.64. The second-order valence-electron chi connectivity index (χ2n) is 4.00. The first-order valence-electron chi connectivity index (χ1n) is 5.64. The second kappa shape index (κ2) is 5.08. The molecule has 0 saturated carbocycles. The lowest BCUT2D eigenvalue weighted by molar-refractivity contribution is -0.117. The van der Waals surface area contributed by atoms with Crippen LogP contribution < -0.4 is 0 Å². The number of carbonyl (C=O) groups excluding carboxylic acids is 1. The molecule has 0 aromatic heterocycles. The first-order chi connectivity index (χ1) is 7.83. The molecule has 2 nitrogen and oxygen atoms in total. The summed E-state index contributed by atoms with van der Waals surface area (Å²) in [7, 11) is 1.65. The highest BCUT2D eigenvalue weighted by Gasteiger charge is 2.23. The van der Waals surface area contributed by atoms with E-state index in [1.165, 1.54) is 0 Å². The third-order valence-corrected chi connectivity index (χ3v) is 2.91. The van der Waals surface area contributed by atoms with Crippen LogP contribution in [-0.2, 0) is 9.53 Å². The fourth-order valence-electron chi connectivity index (χ4n) is 2.10. The Balaban J connectivity index is 2.29. The van der Waals surface area contributed by atoms with Gasteiger partial charge >= 0.3 is 0 Å². The predicted molar refractivity (Wildman–Crippen MR) is 63.1 cm³/mol. The van der Waals surface area contributed by atoms with Crippen molar-refractivity contribution >= 4 is 5.78 Å². The van der Waals surface area contributed by atoms with Gasteiger partial charge in [0.25, 0.3) is 0 Å². The average Bonchev–Trinajstić information content (AvgIpc) is 2.34. The van der Waals surface area contributed by atoms with Gasteiger partial charge in [-0.05, 0) is 18.4 Å². The van der Waals surface area contributed by atoms with Gasteiger partial charge in [-0.2, -0.15) is 0 Å². The van der Waals surface area contributed by atoms with Crippen LogP contribution in [0.15, 0.2) is 42.0 Å². The Hall–Kier alpha value is -1.41. The van der Waals surface area contributed by atoms with Crippen molar-refractivity contribution in [2.24, 2.45) is 0 Å². The van der Waals surface area contributed by atoms with Gasteiger partial charge in [-0.3, -0.25) is 4.79 Å². The van der Waals surface area contributed by atoms with E-state index in [1.807, 2.05) is 36.4 Å². The Morgan fingerprint density at radius 3 is 2.62 bits per heavy atom. The van der Waals surface area contributed by atoms with Crippen LogP contribution in [0.5, 0.6) is 0 Å². The Morgan fingerprint density at radius 1 is 1.25 bits per heavy atom. The molecule has 1 aliphatic rings. The minimum atomic E-state index is -0.200. The summed E-state index contributed by atoms with van der Waals surface area (Å²) in [4.78, 5) is 11.8. The minimum absolute atomic E-state index is 0.200. The van der Waals surface area contributed by atoms with Crippen LogP contribution in [0.2, 0.25) is 0 Å². The van der Waals surface area contributed by atoms with Crippen molar-refractivity contribution in [1.29, 1.82) is 0 Å². The summed E-state index contributed by atoms with van der Waals surface area (Å²) >= 11 is 0. The average molecular weight is 216 g/mol. The van der Waals surface area contributed by atoms with Gasteiger partial charge in [0.1, 0.15) is 6.10 Å². The van der Waals surface area contributed by atoms with Gasteiger partial charge in [0.15, 0.2) is 5.78 Å². The molecule has 0 radical (unpaired) electrons. The number of benzene rings is 1. The summed E-state index contributed by atoms with van der Waals surface area (Å²) in [6, 6.07) is 9.89. The van der Waals surface area contributed by atoms with Crippen molar-refractivity contribution in [3.8, 4) is 0 Å². The summed E-state index contributed by atoms with van der Waals surface area (Å²) < 4.78 is 5.46. The molecule has 2 rings (SSSR count). The van der Waals surface area contributed by atoms with E-state index in [0.29, 0.717) is 6.42 Å². The molecule has 0 bridgehead atoms. The number of hydrogen-bond donors (Lipinski definition) is 0. The molecule has 1 aliphatic carbocycles. The van der Waals surface area contributed by atoms with E-state index < -0.39 is 0 Å². The molecule has 0 N–H and O–H groups in total. The predicted octanol–water partition coefficient (Wildman–Crippen LogP) is 3.05. The lowest BCUT2D eigenvalue weighted by atomic mass is 9.90. The first kappa shape index (κ1) is 11.1. The van der Waals surface area contributed by atoms with Gasteiger partial charge in [-0.1, -0.05) is 36.4 Å². The van der Waals surface area contributed by atoms with Crippen LogP contribution >= 0.6 is 0 Å². The SMILES string of the molecule is COC(C1=CCCCC1=O)c1ccccc1. The van der Waals surface area contributed by atoms with Crippen molar-refractivity contribution in [2.45, 2.75) is 25.4 Å². The van der Waals surface area contributed by atoms with Gasteiger partial charge in [0.05, 0.1) is 0 Å². The third-order valence-electron chi connectivity index (χ3n) is 2.91. The van der Waals surface area contributed by atoms with Gasteiger partial charge in [0, 0.05) is 19.1 Å². The molecule has 0 amide bonds. The van der Waals surface area contributed by atoms with Gasteiger partial charge in [0.2, 0.25) is 0 Å². The van der Waals surface area contributed by atoms with Crippen LogP contribution in [0, 0.1) is 0 Å². The van der Waals surface area contributed by atoms with Crippen LogP contribution in [0.25, 0.3) is 0 Å². The van der Waals surface area contributed by atoms with Gasteiger partial charge < -0.3 is 4.74 Å². The smallest absolute Gasteiger partial charge is 0.161 e. The standard InChI is InChI=1S/C14H16O2/c1-16-14(11-7-3-2-4-8-11)12-9-5-6-10-13(12)15/h2-4,7-9,14H,5-6,10H2,1H3. The minimum Gasteiger partial charge on any atom is -0.372 e. The van der Waals surface area contributed by atoms with Crippen molar-refractivity contribution in [3.63, 3.8) is 0 Å². The summed E-state index contributed by atoms with van der Waals surface area (Å²) in [5, 5.41) is 0. The number of ketones is 1. The second-order valence-corrected chi connectivity index (χ2v) is 4.00. The van der Waals surface area contributed by atoms with E-state index in [-0.39, 0.29) is 11.9 Å². The zero-order chi connectivity index (χ0) is 11.4. The summed E-state index contributed by atoms with van der Waals surface area (Å²) in [6.07, 6.45) is 4.42. The molecule has 84 valence electrons. The number of rotatable bonds is 3. The normalized spacial score (nSPS) is 18.1. The Labute approximate surface area is 95.9 Å². The summed E-state index contributed by atoms with van der Waals surface area (Å²) in [5.74, 6) is 0.224. The van der Waals surface area contributed by atoms with Gasteiger partial charge in [-0.25, -0.2) is 0 Å². The third kappa shape index (κ3) is 2.22. The molecule has 0 aliphatic heterocycles. The highest BCUT2D eigenvalue weighted by Crippen LogP contribution is 2.29. The number of allylic oxidation sites excluding steroid dienone is 1. The van der Waals surface area contributed by atoms with E-state index in [0.717, 1.165) is 24.0 Å². The topological polar surface area (TPSA) is 26.3 Å². The van der Waals surface area contributed by atoms with E-state index in [9.17, 15) is 4.79 Å². The van der Waals surface area contributed by atoms with Crippen molar-refractivity contribution < 1.29 is 9.53 Å². The van der Waals surface area contributed by atoms with E-state index in [4.69, 9.17) is 4.74 Å². The fraction of sp³-hybridized carbons (Fsp3) is 0.357. The molecule has 1 aromatic carbocycles. The molecule has 0 spiro atoms. The number of methoxy groups -OCH3 is 1. The molecule has 0 heterocycles. The van der Waals surface area contributed by atoms with E-state index in [1.54, 1.807) is 7.11 Å². The summed E-state index contributed by atoms with van der Waals surface area (Å²) in [5.41, 5.74) is 1.87. The maximum atomic E-state index is 11.8. The quantitative estimate of drug-likeness (QED) is 0.776. The van der Waals surface area contributed by atoms with E-state index >= 15 is 0 Å². The zero-order valence-corrected chi connectivity index (χ0v) is 9.48. The van der Waals surface area contributed by atoms with Gasteiger partial charge in [-0.15, -0.1) is 0 Å². The fourth-order valence-corrected chi connectivity index (χ4v) is 2.10. The molecule has 0 saturated heterocycles. The Bertz CT molecular complexity index is 392. The molecule has 1 unspecified atom stereocenters. The number of hydrogen-bond acceptors (Lipinski definition) is 2. The van der Waals surface area contributed by atoms with E-state index in [2.05, 4.69) is 0 Å². The summed E-state index contributed by atoms with van der Waals surface area (Å²) in [6.45, 7) is 0. The van der Waals surface area contributed by atoms with Crippen molar-refractivity contribution in [3.05, 3.63) is 47.5 Å². The van der Waals surface area contributed by atoms with Crippen LogP contribution in [0.1, 0.15) is 30.9 Å². The highest BCUT2D eigenvalue weighted by molar-refractivity contribution is 5.97. The Kier molecular flexibility index (Phi) is 3.52. The maximum Gasteiger partial charge on any atom is 0.161 e. The monoisotopic (exact) mass is 216 g/mol. The molecular formula is C14H16O2. The van der Waals surface area contributed by atoms with Crippen LogP contribution in [-0.4, -0.2) is 12.9 Å². The molecule has 1 aromatic rings. The zero-order valence-electron chi connectivity index (χ0n) is 9.48. The van der Waals surface area contributed by atoms with Crippen LogP contribution in [0.4, 0.5) is 0 Å². The lowest BCUT2D eigenvalue weighted by Crippen LogP contribution is -2.16. The molecule has 2 heteroatoms. The number of ether oxygens (including phenoxy) is 1. The molecular weight excluding hydrogens is 200 g/mol. The maximum absolute atomic E-state index is 11.8. The number of Topliss-reactive ketones (excluding diaryl/α,β-unsaturated/α-hetero) is 1. The number of carbonyl (C=O) groups is 1. The van der Waals surface area contributed by atoms with Crippen molar-refractivity contribution in [1.82, 2.24) is 0 Å². The molecule has 16 heavy (non-hydrogen) atoms. The Morgan fingerprint density at radius 2 is 2.00 bits per heavy atom.